The fourth-order valence-electron chi connectivity index (χ4n) is 3.67. The molecule has 13 heteroatoms. The van der Waals surface area contributed by atoms with Crippen molar-refractivity contribution in [3.05, 3.63) is 29.8 Å². The van der Waals surface area contributed by atoms with Gasteiger partial charge < -0.3 is 34.9 Å². The number of esters is 1. The standard InChI is InChI=1S/C22H31N7O6/c1-27-11-13-28(14-12-27)22(33)35-26-19(23)15-3-5-16(6-4-15)29-10-8-17(20(29)31)25-21(32)24-9-7-18(30)34-2/h3-6,17H,7-14H2,1-2H3,(H2,23,26)(H2,24,25,32)/t17-/m0/s1. The number of benzene rings is 1. The monoisotopic (exact) mass is 489 g/mol. The fraction of sp³-hybridized carbons (Fsp3) is 0.500. The van der Waals surface area contributed by atoms with Crippen LogP contribution in [0.15, 0.2) is 24.3 Å². The van der Waals surface area contributed by atoms with Gasteiger partial charge in [0.1, 0.15) is 6.04 Å². The van der Waals surface area contributed by atoms with Crippen molar-refractivity contribution in [2.24, 2.45) is 0 Å². The molecule has 2 saturated heterocycles. The molecule has 13 nitrogen and oxygen atoms in total. The van der Waals surface area contributed by atoms with Crippen LogP contribution in [0.5, 0.6) is 0 Å². The second kappa shape index (κ2) is 12.0. The van der Waals surface area contributed by atoms with Crippen molar-refractivity contribution >= 4 is 35.5 Å². The summed E-state index contributed by atoms with van der Waals surface area (Å²) in [7, 11) is 3.25. The largest absolute Gasteiger partial charge is 0.469 e. The SMILES string of the molecule is COC(=O)CCNC(=O)N[C@H]1CCN(c2ccc(C(=N)NOC(=O)N3CCN(C)CC3)cc2)C1=O. The molecule has 3 rings (SSSR count). The highest BCUT2D eigenvalue weighted by Gasteiger charge is 2.33. The summed E-state index contributed by atoms with van der Waals surface area (Å²) in [5.74, 6) is -0.779. The van der Waals surface area contributed by atoms with Crippen molar-refractivity contribution < 1.29 is 28.8 Å². The first kappa shape index (κ1) is 25.7. The predicted molar refractivity (Wildman–Crippen MR) is 126 cm³/mol. The maximum Gasteiger partial charge on any atom is 0.434 e. The molecule has 4 N–H and O–H groups in total. The molecule has 2 heterocycles. The van der Waals surface area contributed by atoms with Gasteiger partial charge in [0.2, 0.25) is 5.91 Å². The minimum absolute atomic E-state index is 0.0416. The van der Waals surface area contributed by atoms with Gasteiger partial charge in [-0.25, -0.2) is 9.59 Å². The van der Waals surface area contributed by atoms with Crippen molar-refractivity contribution in [1.29, 1.82) is 5.41 Å². The summed E-state index contributed by atoms with van der Waals surface area (Å²) in [6.45, 7) is 3.18. The number of nitrogens with zero attached hydrogens (tertiary/aromatic N) is 3. The summed E-state index contributed by atoms with van der Waals surface area (Å²) in [6.07, 6.45) is -0.0557. The Morgan fingerprint density at radius 2 is 1.77 bits per heavy atom. The number of carbonyl (C=O) groups is 4. The molecule has 0 spiro atoms. The fourth-order valence-corrected chi connectivity index (χ4v) is 3.67. The summed E-state index contributed by atoms with van der Waals surface area (Å²) in [5, 5.41) is 13.2. The average molecular weight is 490 g/mol. The van der Waals surface area contributed by atoms with E-state index in [1.165, 1.54) is 7.11 Å². The van der Waals surface area contributed by atoms with E-state index in [1.54, 1.807) is 34.1 Å². The molecule has 0 aliphatic carbocycles. The molecule has 0 saturated carbocycles. The molecule has 0 aromatic heterocycles. The summed E-state index contributed by atoms with van der Waals surface area (Å²) in [5.41, 5.74) is 3.48. The van der Waals surface area contributed by atoms with Gasteiger partial charge in [-0.3, -0.25) is 15.0 Å². The molecule has 2 fully saturated rings. The third-order valence-electron chi connectivity index (χ3n) is 5.82. The van der Waals surface area contributed by atoms with Gasteiger partial charge in [0.15, 0.2) is 5.84 Å². The Kier molecular flexibility index (Phi) is 8.84. The van der Waals surface area contributed by atoms with Gasteiger partial charge in [-0.2, -0.15) is 5.48 Å². The van der Waals surface area contributed by atoms with Crippen molar-refractivity contribution in [1.82, 2.24) is 25.9 Å². The van der Waals surface area contributed by atoms with E-state index in [0.717, 1.165) is 13.1 Å². The number of urea groups is 1. The van der Waals surface area contributed by atoms with E-state index in [4.69, 9.17) is 10.2 Å². The number of methoxy groups -OCH3 is 1. The Labute approximate surface area is 203 Å². The van der Waals surface area contributed by atoms with Crippen molar-refractivity contribution in [3.63, 3.8) is 0 Å². The van der Waals surface area contributed by atoms with Crippen LogP contribution in [0.4, 0.5) is 15.3 Å². The topological polar surface area (TPSA) is 156 Å². The molecular weight excluding hydrogens is 458 g/mol. The Morgan fingerprint density at radius 1 is 1.09 bits per heavy atom. The molecule has 1 atom stereocenters. The van der Waals surface area contributed by atoms with Gasteiger partial charge in [-0.05, 0) is 37.7 Å². The first-order valence-corrected chi connectivity index (χ1v) is 11.3. The second-order valence-electron chi connectivity index (χ2n) is 8.24. The van der Waals surface area contributed by atoms with Crippen LogP contribution in [0.2, 0.25) is 0 Å². The van der Waals surface area contributed by atoms with E-state index in [2.05, 4.69) is 25.8 Å². The molecule has 0 radical (unpaired) electrons. The number of amides is 4. The first-order chi connectivity index (χ1) is 16.8. The highest BCUT2D eigenvalue weighted by molar-refractivity contribution is 6.02. The predicted octanol–water partition coefficient (Wildman–Crippen LogP) is -0.132. The highest BCUT2D eigenvalue weighted by atomic mass is 16.7. The number of carbonyl (C=O) groups excluding carboxylic acids is 4. The molecule has 2 aliphatic heterocycles. The maximum absolute atomic E-state index is 12.7. The number of hydroxylamine groups is 1. The van der Waals surface area contributed by atoms with Crippen LogP contribution in [0.25, 0.3) is 0 Å². The zero-order chi connectivity index (χ0) is 25.4. The van der Waals surface area contributed by atoms with E-state index < -0.39 is 24.1 Å². The van der Waals surface area contributed by atoms with Crippen LogP contribution >= 0.6 is 0 Å². The molecule has 4 amide bonds. The van der Waals surface area contributed by atoms with Crippen LogP contribution in [0, 0.1) is 5.41 Å². The third kappa shape index (κ3) is 7.06. The number of amidine groups is 1. The molecule has 35 heavy (non-hydrogen) atoms. The lowest BCUT2D eigenvalue weighted by Crippen LogP contribution is -2.48. The molecule has 0 bridgehead atoms. The number of anilines is 1. The van der Waals surface area contributed by atoms with Gasteiger partial charge in [0.25, 0.3) is 0 Å². The number of rotatable bonds is 6. The number of ether oxygens (including phenoxy) is 1. The maximum atomic E-state index is 12.7. The molecule has 1 aromatic rings. The highest BCUT2D eigenvalue weighted by Crippen LogP contribution is 2.22. The van der Waals surface area contributed by atoms with Gasteiger partial charge in [-0.1, -0.05) is 0 Å². The number of likely N-dealkylation sites (N-methyl/N-ethyl adjacent to an activating group) is 1. The average Bonchev–Trinajstić information content (AvgIpc) is 3.22. The third-order valence-corrected chi connectivity index (χ3v) is 5.82. The molecule has 1 aromatic carbocycles. The van der Waals surface area contributed by atoms with Crippen LogP contribution in [-0.2, 0) is 19.2 Å². The Hall–Kier alpha value is -3.87. The molecule has 0 unspecified atom stereocenters. The van der Waals surface area contributed by atoms with Gasteiger partial charge in [-0.15, -0.1) is 0 Å². The van der Waals surface area contributed by atoms with Crippen LogP contribution < -0.4 is 21.0 Å². The summed E-state index contributed by atoms with van der Waals surface area (Å²) in [6, 6.07) is 5.44. The van der Waals surface area contributed by atoms with Crippen LogP contribution in [0.3, 0.4) is 0 Å². The zero-order valence-corrected chi connectivity index (χ0v) is 19.8. The molecule has 190 valence electrons. The Balaban J connectivity index is 1.45. The quantitative estimate of drug-likeness (QED) is 0.186. The Morgan fingerprint density at radius 3 is 2.43 bits per heavy atom. The summed E-state index contributed by atoms with van der Waals surface area (Å²) in [4.78, 5) is 58.2. The normalized spacial score (nSPS) is 18.1. The minimum atomic E-state index is -0.679. The van der Waals surface area contributed by atoms with Crippen molar-refractivity contribution in [2.75, 3.05) is 58.3 Å². The van der Waals surface area contributed by atoms with Crippen molar-refractivity contribution in [3.8, 4) is 0 Å². The van der Waals surface area contributed by atoms with Crippen molar-refractivity contribution in [2.45, 2.75) is 18.9 Å². The smallest absolute Gasteiger partial charge is 0.434 e. The summed E-state index contributed by atoms with van der Waals surface area (Å²) < 4.78 is 4.51. The number of piperazine rings is 1. The van der Waals surface area contributed by atoms with Gasteiger partial charge >= 0.3 is 18.1 Å². The lowest BCUT2D eigenvalue weighted by atomic mass is 10.2. The van der Waals surface area contributed by atoms with E-state index in [9.17, 15) is 19.2 Å². The number of nitrogens with one attached hydrogen (secondary N) is 4. The zero-order valence-electron chi connectivity index (χ0n) is 19.8. The number of hydrogen-bond donors (Lipinski definition) is 4. The second-order valence-corrected chi connectivity index (χ2v) is 8.24. The lowest BCUT2D eigenvalue weighted by Gasteiger charge is -2.31. The van der Waals surface area contributed by atoms with Gasteiger partial charge in [0, 0.05) is 50.5 Å². The first-order valence-electron chi connectivity index (χ1n) is 11.3. The van der Waals surface area contributed by atoms with E-state index in [-0.39, 0.29) is 24.7 Å². The molecular formula is C22H31N7O6. The minimum Gasteiger partial charge on any atom is -0.469 e. The Bertz CT molecular complexity index is 946. The van der Waals surface area contributed by atoms with Crippen LogP contribution in [0.1, 0.15) is 18.4 Å². The van der Waals surface area contributed by atoms with E-state index in [1.807, 2.05) is 7.05 Å². The van der Waals surface area contributed by atoms with Gasteiger partial charge in [0.05, 0.1) is 13.5 Å². The van der Waals surface area contributed by atoms with Crippen LogP contribution in [-0.4, -0.2) is 99.1 Å². The van der Waals surface area contributed by atoms with E-state index in [0.29, 0.717) is 37.3 Å². The number of hydrogen-bond acceptors (Lipinski definition) is 8. The molecule has 2 aliphatic rings. The lowest BCUT2D eigenvalue weighted by molar-refractivity contribution is -0.140. The van der Waals surface area contributed by atoms with E-state index >= 15 is 0 Å². The summed E-state index contributed by atoms with van der Waals surface area (Å²) >= 11 is 0.